The van der Waals surface area contributed by atoms with Crippen LogP contribution in [-0.4, -0.2) is 16.1 Å². The van der Waals surface area contributed by atoms with Gasteiger partial charge < -0.3 is 9.88 Å². The summed E-state index contributed by atoms with van der Waals surface area (Å²) in [5.74, 6) is 0. The lowest BCUT2D eigenvalue weighted by molar-refractivity contribution is 0.595. The molecular formula is C13H14ClN3. The Morgan fingerprint density at radius 1 is 1.29 bits per heavy atom. The van der Waals surface area contributed by atoms with Gasteiger partial charge in [-0.25, -0.2) is 4.98 Å². The van der Waals surface area contributed by atoms with Crippen LogP contribution in [0, 0.1) is 0 Å². The summed E-state index contributed by atoms with van der Waals surface area (Å²) in [6, 6.07) is 10.3. The Labute approximate surface area is 105 Å². The van der Waals surface area contributed by atoms with Gasteiger partial charge in [0.1, 0.15) is 0 Å². The van der Waals surface area contributed by atoms with Crippen LogP contribution >= 0.6 is 11.6 Å². The van der Waals surface area contributed by atoms with Crippen LogP contribution in [0.2, 0.25) is 5.28 Å². The number of hydrogen-bond donors (Lipinski definition) is 1. The molecule has 1 aromatic heterocycles. The topological polar surface area (TPSA) is 29.9 Å². The molecule has 2 heterocycles. The van der Waals surface area contributed by atoms with Gasteiger partial charge in [0.25, 0.3) is 0 Å². The van der Waals surface area contributed by atoms with Crippen LogP contribution in [-0.2, 0) is 19.5 Å². The van der Waals surface area contributed by atoms with E-state index in [0.29, 0.717) is 5.28 Å². The van der Waals surface area contributed by atoms with Gasteiger partial charge in [-0.1, -0.05) is 30.3 Å². The molecule has 0 unspecified atom stereocenters. The number of imidazole rings is 1. The molecule has 0 atom stereocenters. The molecule has 0 fully saturated rings. The Hall–Kier alpha value is -1.32. The smallest absolute Gasteiger partial charge is 0.203 e. The van der Waals surface area contributed by atoms with Gasteiger partial charge in [-0.05, 0) is 17.2 Å². The van der Waals surface area contributed by atoms with E-state index in [2.05, 4.69) is 27.0 Å². The zero-order valence-electron chi connectivity index (χ0n) is 9.49. The van der Waals surface area contributed by atoms with Crippen LogP contribution < -0.4 is 5.32 Å². The van der Waals surface area contributed by atoms with Crippen LogP contribution in [0.3, 0.4) is 0 Å². The predicted octanol–water partition coefficient (Wildman–Crippen LogP) is 2.23. The molecule has 0 saturated heterocycles. The van der Waals surface area contributed by atoms with Gasteiger partial charge in [0.15, 0.2) is 0 Å². The first-order chi connectivity index (χ1) is 8.34. The lowest BCUT2D eigenvalue weighted by Crippen LogP contribution is -2.25. The van der Waals surface area contributed by atoms with Crippen molar-refractivity contribution >= 4 is 11.6 Å². The normalized spacial score (nSPS) is 14.6. The Morgan fingerprint density at radius 3 is 2.94 bits per heavy atom. The monoisotopic (exact) mass is 247 g/mol. The summed E-state index contributed by atoms with van der Waals surface area (Å²) in [7, 11) is 0. The van der Waals surface area contributed by atoms with E-state index >= 15 is 0 Å². The highest BCUT2D eigenvalue weighted by Crippen LogP contribution is 2.20. The van der Waals surface area contributed by atoms with Crippen molar-refractivity contribution in [2.45, 2.75) is 19.5 Å². The average Bonchev–Trinajstić information content (AvgIpc) is 2.68. The third-order valence-electron chi connectivity index (χ3n) is 3.12. The fourth-order valence-corrected chi connectivity index (χ4v) is 2.51. The second kappa shape index (κ2) is 4.51. The maximum atomic E-state index is 6.21. The highest BCUT2D eigenvalue weighted by molar-refractivity contribution is 6.28. The summed E-state index contributed by atoms with van der Waals surface area (Å²) < 4.78 is 2.10. The van der Waals surface area contributed by atoms with Gasteiger partial charge in [-0.2, -0.15) is 0 Å². The number of rotatable bonds is 2. The van der Waals surface area contributed by atoms with Gasteiger partial charge in [0.2, 0.25) is 5.28 Å². The maximum Gasteiger partial charge on any atom is 0.203 e. The maximum absolute atomic E-state index is 6.21. The van der Waals surface area contributed by atoms with Gasteiger partial charge in [-0.3, -0.25) is 0 Å². The Morgan fingerprint density at radius 2 is 2.12 bits per heavy atom. The van der Waals surface area contributed by atoms with Gasteiger partial charge in [0.05, 0.1) is 17.9 Å². The van der Waals surface area contributed by atoms with E-state index in [1.54, 1.807) is 0 Å². The van der Waals surface area contributed by atoms with Crippen LogP contribution in [0.25, 0.3) is 0 Å². The fraction of sp³-hybridized carbons (Fsp3) is 0.308. The van der Waals surface area contributed by atoms with Crippen molar-refractivity contribution in [1.82, 2.24) is 14.9 Å². The Bertz CT molecular complexity index is 519. The average molecular weight is 248 g/mol. The number of nitrogens with zero attached hydrogens (tertiary/aromatic N) is 2. The molecule has 0 bridgehead atoms. The molecule has 0 saturated carbocycles. The summed E-state index contributed by atoms with van der Waals surface area (Å²) in [6.07, 6.45) is 0.969. The van der Waals surface area contributed by atoms with E-state index in [0.717, 1.165) is 31.7 Å². The predicted molar refractivity (Wildman–Crippen MR) is 68.2 cm³/mol. The van der Waals surface area contributed by atoms with Crippen molar-refractivity contribution in [3.63, 3.8) is 0 Å². The largest absolute Gasteiger partial charge is 0.313 e. The Kier molecular flexibility index (Phi) is 2.87. The molecule has 0 aliphatic carbocycles. The zero-order chi connectivity index (χ0) is 11.7. The molecule has 2 aromatic rings. The van der Waals surface area contributed by atoms with E-state index in [4.69, 9.17) is 11.6 Å². The first-order valence-corrected chi connectivity index (χ1v) is 6.21. The molecule has 1 aromatic carbocycles. The van der Waals surface area contributed by atoms with Crippen molar-refractivity contribution in [2.75, 3.05) is 6.54 Å². The highest BCUT2D eigenvalue weighted by Gasteiger charge is 2.18. The molecule has 88 valence electrons. The number of halogens is 1. The van der Waals surface area contributed by atoms with Crippen LogP contribution in [0.5, 0.6) is 0 Å². The van der Waals surface area contributed by atoms with E-state index < -0.39 is 0 Å². The number of nitrogens with one attached hydrogen (secondary N) is 1. The van der Waals surface area contributed by atoms with Crippen LogP contribution in [0.4, 0.5) is 0 Å². The first-order valence-electron chi connectivity index (χ1n) is 5.83. The molecule has 3 rings (SSSR count). The van der Waals surface area contributed by atoms with E-state index in [1.165, 1.54) is 11.3 Å². The summed E-state index contributed by atoms with van der Waals surface area (Å²) in [6.45, 7) is 2.65. The summed E-state index contributed by atoms with van der Waals surface area (Å²) in [5, 5.41) is 3.96. The van der Waals surface area contributed by atoms with Gasteiger partial charge in [0, 0.05) is 19.5 Å². The van der Waals surface area contributed by atoms with Crippen molar-refractivity contribution < 1.29 is 0 Å². The number of aromatic nitrogens is 2. The minimum Gasteiger partial charge on any atom is -0.313 e. The van der Waals surface area contributed by atoms with Crippen LogP contribution in [0.15, 0.2) is 30.3 Å². The minimum atomic E-state index is 0.600. The van der Waals surface area contributed by atoms with Crippen molar-refractivity contribution in [1.29, 1.82) is 0 Å². The molecule has 0 amide bonds. The van der Waals surface area contributed by atoms with E-state index in [9.17, 15) is 0 Å². The summed E-state index contributed by atoms with van der Waals surface area (Å²) >= 11 is 6.21. The van der Waals surface area contributed by atoms with Gasteiger partial charge in [-0.15, -0.1) is 0 Å². The molecular weight excluding hydrogens is 234 g/mol. The SMILES string of the molecule is Clc1nc2c(n1Cc1ccccc1)CNCC2. The van der Waals surface area contributed by atoms with Crippen LogP contribution in [0.1, 0.15) is 17.0 Å². The van der Waals surface area contributed by atoms with E-state index in [1.807, 2.05) is 18.2 Å². The second-order valence-electron chi connectivity index (χ2n) is 4.27. The van der Waals surface area contributed by atoms with Crippen molar-refractivity contribution in [3.05, 3.63) is 52.6 Å². The lowest BCUT2D eigenvalue weighted by atomic mass is 10.1. The standard InChI is InChI=1S/C13H14ClN3/c14-13-16-11-6-7-15-8-12(11)17(13)9-10-4-2-1-3-5-10/h1-5,15H,6-9H2. The quantitative estimate of drug-likeness (QED) is 0.882. The third kappa shape index (κ3) is 2.08. The highest BCUT2D eigenvalue weighted by atomic mass is 35.5. The minimum absolute atomic E-state index is 0.600. The molecule has 1 aliphatic heterocycles. The lowest BCUT2D eigenvalue weighted by Gasteiger charge is -2.15. The van der Waals surface area contributed by atoms with Gasteiger partial charge >= 0.3 is 0 Å². The van der Waals surface area contributed by atoms with E-state index in [-0.39, 0.29) is 0 Å². The second-order valence-corrected chi connectivity index (χ2v) is 4.61. The number of fused-ring (bicyclic) bond motifs is 1. The zero-order valence-corrected chi connectivity index (χ0v) is 10.2. The molecule has 1 aliphatic rings. The number of hydrogen-bond acceptors (Lipinski definition) is 2. The summed E-state index contributed by atoms with van der Waals surface area (Å²) in [5.41, 5.74) is 3.62. The fourth-order valence-electron chi connectivity index (χ4n) is 2.24. The molecule has 17 heavy (non-hydrogen) atoms. The molecule has 4 heteroatoms. The third-order valence-corrected chi connectivity index (χ3v) is 3.41. The Balaban J connectivity index is 1.95. The molecule has 0 radical (unpaired) electrons. The van der Waals surface area contributed by atoms with Crippen molar-refractivity contribution in [3.8, 4) is 0 Å². The number of benzene rings is 1. The summed E-state index contributed by atoms with van der Waals surface area (Å²) in [4.78, 5) is 4.44. The molecule has 0 spiro atoms. The molecule has 1 N–H and O–H groups in total. The first kappa shape index (κ1) is 10.8. The molecule has 3 nitrogen and oxygen atoms in total. The van der Waals surface area contributed by atoms with Crippen molar-refractivity contribution in [2.24, 2.45) is 0 Å².